The molecule has 0 aliphatic rings. The second-order valence-electron chi connectivity index (χ2n) is 5.18. The lowest BCUT2D eigenvalue weighted by atomic mass is 9.85. The van der Waals surface area contributed by atoms with Crippen LogP contribution in [-0.4, -0.2) is 21.8 Å². The fourth-order valence-electron chi connectivity index (χ4n) is 2.51. The Morgan fingerprint density at radius 2 is 2.11 bits per heavy atom. The molecule has 3 atom stereocenters. The zero-order valence-electron chi connectivity index (χ0n) is 11.6. The molecule has 0 saturated heterocycles. The van der Waals surface area contributed by atoms with E-state index in [1.54, 1.807) is 12.4 Å². The van der Waals surface area contributed by atoms with E-state index in [-0.39, 0.29) is 12.5 Å². The molecule has 3 N–H and O–H groups in total. The van der Waals surface area contributed by atoms with Crippen LogP contribution in [0, 0.1) is 11.8 Å². The van der Waals surface area contributed by atoms with Gasteiger partial charge in [-0.05, 0) is 24.0 Å². The number of aliphatic hydroxyl groups excluding tert-OH is 2. The number of aliphatic hydroxyl groups is 2. The van der Waals surface area contributed by atoms with Gasteiger partial charge in [0.25, 0.3) is 0 Å². The van der Waals surface area contributed by atoms with E-state index in [2.05, 4.69) is 18.8 Å². The first-order valence-corrected chi connectivity index (χ1v) is 7.14. The van der Waals surface area contributed by atoms with Crippen molar-refractivity contribution in [1.29, 1.82) is 0 Å². The van der Waals surface area contributed by atoms with Gasteiger partial charge in [0, 0.05) is 24.9 Å². The fraction of sp³-hybridized carbons (Fsp3) is 0.733. The normalized spacial score (nSPS) is 16.4. The number of aromatic nitrogens is 1. The van der Waals surface area contributed by atoms with Gasteiger partial charge in [-0.15, -0.1) is 0 Å². The Labute approximate surface area is 110 Å². The summed E-state index contributed by atoms with van der Waals surface area (Å²) in [5, 5.41) is 19.8. The maximum atomic E-state index is 10.3. The second-order valence-corrected chi connectivity index (χ2v) is 5.18. The summed E-state index contributed by atoms with van der Waals surface area (Å²) in [6, 6.07) is 1.88. The molecule has 0 amide bonds. The highest BCUT2D eigenvalue weighted by atomic mass is 16.3. The number of hydrogen-bond donors (Lipinski definition) is 3. The molecule has 1 rings (SSSR count). The Morgan fingerprint density at radius 3 is 2.61 bits per heavy atom. The van der Waals surface area contributed by atoms with Crippen molar-refractivity contribution in [2.45, 2.75) is 52.1 Å². The van der Waals surface area contributed by atoms with Crippen molar-refractivity contribution in [2.24, 2.45) is 11.8 Å². The van der Waals surface area contributed by atoms with Crippen molar-refractivity contribution in [3.8, 4) is 0 Å². The fourth-order valence-corrected chi connectivity index (χ4v) is 2.51. The van der Waals surface area contributed by atoms with Crippen LogP contribution in [0.5, 0.6) is 0 Å². The summed E-state index contributed by atoms with van der Waals surface area (Å²) in [4.78, 5) is 2.95. The van der Waals surface area contributed by atoms with Crippen LogP contribution in [0.15, 0.2) is 18.5 Å². The van der Waals surface area contributed by atoms with E-state index in [4.69, 9.17) is 0 Å². The van der Waals surface area contributed by atoms with Gasteiger partial charge < -0.3 is 15.2 Å². The van der Waals surface area contributed by atoms with Crippen molar-refractivity contribution >= 4 is 0 Å². The lowest BCUT2D eigenvalue weighted by Crippen LogP contribution is -2.20. The molecule has 0 spiro atoms. The molecule has 0 bridgehead atoms. The average Bonchev–Trinajstić information content (AvgIpc) is 2.92. The van der Waals surface area contributed by atoms with Crippen LogP contribution in [0.1, 0.15) is 57.6 Å². The molecule has 0 fully saturated rings. The Bertz CT molecular complexity index is 297. The van der Waals surface area contributed by atoms with E-state index in [1.165, 1.54) is 19.3 Å². The number of nitrogens with one attached hydrogen (secondary N) is 1. The molecule has 0 aliphatic carbocycles. The Balaban J connectivity index is 2.54. The third-order valence-corrected chi connectivity index (χ3v) is 3.82. The Kier molecular flexibility index (Phi) is 7.06. The van der Waals surface area contributed by atoms with Gasteiger partial charge in [0.15, 0.2) is 0 Å². The molecule has 0 saturated carbocycles. The molecule has 1 heterocycles. The van der Waals surface area contributed by atoms with Crippen molar-refractivity contribution in [3.05, 3.63) is 24.0 Å². The molecular weight excluding hydrogens is 226 g/mol. The molecule has 0 aromatic carbocycles. The lowest BCUT2D eigenvalue weighted by molar-refractivity contribution is 0.0504. The zero-order chi connectivity index (χ0) is 13.4. The third kappa shape index (κ3) is 4.46. The third-order valence-electron chi connectivity index (χ3n) is 3.82. The lowest BCUT2D eigenvalue weighted by Gasteiger charge is -2.25. The molecule has 1 aromatic rings. The first-order chi connectivity index (χ1) is 8.72. The summed E-state index contributed by atoms with van der Waals surface area (Å²) >= 11 is 0. The second kappa shape index (κ2) is 8.33. The highest BCUT2D eigenvalue weighted by Gasteiger charge is 2.23. The Morgan fingerprint density at radius 1 is 1.33 bits per heavy atom. The molecular formula is C15H27NO2. The molecule has 3 heteroatoms. The quantitative estimate of drug-likeness (QED) is 0.632. The van der Waals surface area contributed by atoms with Crippen LogP contribution in [0.2, 0.25) is 0 Å². The summed E-state index contributed by atoms with van der Waals surface area (Å²) in [7, 11) is 0. The van der Waals surface area contributed by atoms with Gasteiger partial charge in [-0.1, -0.05) is 39.5 Å². The molecule has 0 radical (unpaired) electrons. The predicted molar refractivity (Wildman–Crippen MR) is 74.3 cm³/mol. The van der Waals surface area contributed by atoms with E-state index < -0.39 is 6.10 Å². The molecule has 18 heavy (non-hydrogen) atoms. The summed E-state index contributed by atoms with van der Waals surface area (Å²) in [6.07, 6.45) is 8.72. The van der Waals surface area contributed by atoms with E-state index in [0.29, 0.717) is 5.92 Å². The average molecular weight is 253 g/mol. The van der Waals surface area contributed by atoms with Crippen molar-refractivity contribution < 1.29 is 10.2 Å². The number of H-pyrrole nitrogens is 1. The summed E-state index contributed by atoms with van der Waals surface area (Å²) in [6.45, 7) is 4.44. The summed E-state index contributed by atoms with van der Waals surface area (Å²) < 4.78 is 0. The van der Waals surface area contributed by atoms with Crippen LogP contribution >= 0.6 is 0 Å². The van der Waals surface area contributed by atoms with E-state index in [0.717, 1.165) is 18.4 Å². The number of aromatic amines is 1. The van der Waals surface area contributed by atoms with E-state index in [9.17, 15) is 10.2 Å². The van der Waals surface area contributed by atoms with Crippen LogP contribution in [0.4, 0.5) is 0 Å². The summed E-state index contributed by atoms with van der Waals surface area (Å²) in [5.74, 6) is 0.554. The van der Waals surface area contributed by atoms with Gasteiger partial charge in [-0.25, -0.2) is 0 Å². The minimum Gasteiger partial charge on any atom is -0.396 e. The highest BCUT2D eigenvalue weighted by Crippen LogP contribution is 2.30. The topological polar surface area (TPSA) is 56.2 Å². The highest BCUT2D eigenvalue weighted by molar-refractivity contribution is 5.12. The van der Waals surface area contributed by atoms with Crippen molar-refractivity contribution in [3.63, 3.8) is 0 Å². The van der Waals surface area contributed by atoms with E-state index in [1.807, 2.05) is 6.07 Å². The molecule has 0 aliphatic heterocycles. The molecule has 104 valence electrons. The van der Waals surface area contributed by atoms with Gasteiger partial charge in [0.05, 0.1) is 6.10 Å². The Hall–Kier alpha value is -0.800. The van der Waals surface area contributed by atoms with Gasteiger partial charge >= 0.3 is 0 Å². The summed E-state index contributed by atoms with van der Waals surface area (Å²) in [5.41, 5.74) is 0.874. The van der Waals surface area contributed by atoms with Gasteiger partial charge in [0.1, 0.15) is 0 Å². The molecule has 1 aromatic heterocycles. The van der Waals surface area contributed by atoms with Crippen LogP contribution in [-0.2, 0) is 0 Å². The minimum atomic E-state index is -0.558. The smallest absolute Gasteiger partial charge is 0.0854 e. The van der Waals surface area contributed by atoms with Crippen LogP contribution < -0.4 is 0 Å². The SMILES string of the molecule is CCCCC(CC)CC(CO)C(O)c1cc[nH]c1. The van der Waals surface area contributed by atoms with Crippen molar-refractivity contribution in [1.82, 2.24) is 4.98 Å². The number of rotatable bonds is 9. The first kappa shape index (κ1) is 15.3. The van der Waals surface area contributed by atoms with Gasteiger partial charge in [0.2, 0.25) is 0 Å². The van der Waals surface area contributed by atoms with Crippen molar-refractivity contribution in [2.75, 3.05) is 6.61 Å². The minimum absolute atomic E-state index is 0.0506. The monoisotopic (exact) mass is 253 g/mol. The molecule has 3 unspecified atom stereocenters. The van der Waals surface area contributed by atoms with Crippen LogP contribution in [0.25, 0.3) is 0 Å². The number of unbranched alkanes of at least 4 members (excludes halogenated alkanes) is 1. The maximum absolute atomic E-state index is 10.3. The molecule has 3 nitrogen and oxygen atoms in total. The number of hydrogen-bond acceptors (Lipinski definition) is 2. The maximum Gasteiger partial charge on any atom is 0.0854 e. The van der Waals surface area contributed by atoms with Gasteiger partial charge in [-0.3, -0.25) is 0 Å². The largest absolute Gasteiger partial charge is 0.396 e. The standard InChI is InChI=1S/C15H27NO2/c1-3-5-6-12(4-2)9-14(11-17)15(18)13-7-8-16-10-13/h7-8,10,12,14-18H,3-6,9,11H2,1-2H3. The first-order valence-electron chi connectivity index (χ1n) is 7.14. The van der Waals surface area contributed by atoms with E-state index >= 15 is 0 Å². The van der Waals surface area contributed by atoms with Gasteiger partial charge in [-0.2, -0.15) is 0 Å². The predicted octanol–water partition coefficient (Wildman–Crippen LogP) is 3.26. The van der Waals surface area contributed by atoms with Crippen LogP contribution in [0.3, 0.4) is 0 Å². The zero-order valence-corrected chi connectivity index (χ0v) is 11.6.